The van der Waals surface area contributed by atoms with E-state index in [0.29, 0.717) is 0 Å². The second kappa shape index (κ2) is 5.85. The molecular weight excluding hydrogens is 350 g/mol. The summed E-state index contributed by atoms with van der Waals surface area (Å²) in [6, 6.07) is 10.2. The number of amides is 1. The van der Waals surface area contributed by atoms with Gasteiger partial charge in [0.05, 0.1) is 6.42 Å². The molecule has 1 aromatic carbocycles. The number of rotatable bonds is 4. The Morgan fingerprint density at radius 1 is 1.21 bits per heavy atom. The van der Waals surface area contributed by atoms with Crippen LogP contribution in [0.15, 0.2) is 50.5 Å². The minimum absolute atomic E-state index is 0.0257. The Bertz CT molecular complexity index is 664. The highest BCUT2D eigenvalue weighted by molar-refractivity contribution is 9.10. The number of benzene rings is 1. The second-order valence-corrected chi connectivity index (χ2v) is 7.54. The molecule has 0 saturated carbocycles. The summed E-state index contributed by atoms with van der Waals surface area (Å²) in [5, 5.41) is 1.65. The smallest absolute Gasteiger partial charge is 0.273 e. The first kappa shape index (κ1) is 14.2. The van der Waals surface area contributed by atoms with Crippen LogP contribution < -0.4 is 4.72 Å². The maximum Gasteiger partial charge on any atom is 0.273 e. The first-order chi connectivity index (χ1) is 8.97. The van der Waals surface area contributed by atoms with Gasteiger partial charge in [-0.3, -0.25) is 4.79 Å². The molecule has 0 aliphatic heterocycles. The summed E-state index contributed by atoms with van der Waals surface area (Å²) < 4.78 is 26.7. The normalized spacial score (nSPS) is 11.2. The number of thiophene rings is 1. The zero-order valence-electron chi connectivity index (χ0n) is 9.67. The van der Waals surface area contributed by atoms with Crippen molar-refractivity contribution in [3.63, 3.8) is 0 Å². The van der Waals surface area contributed by atoms with Crippen LogP contribution in [-0.2, 0) is 21.2 Å². The van der Waals surface area contributed by atoms with Crippen LogP contribution in [0.4, 0.5) is 0 Å². The Labute approximate surface area is 123 Å². The minimum atomic E-state index is -3.73. The Balaban J connectivity index is 2.04. The van der Waals surface area contributed by atoms with Gasteiger partial charge in [0.2, 0.25) is 5.91 Å². The summed E-state index contributed by atoms with van der Waals surface area (Å²) in [4.78, 5) is 11.7. The summed E-state index contributed by atoms with van der Waals surface area (Å²) >= 11 is 4.36. The van der Waals surface area contributed by atoms with Crippen molar-refractivity contribution in [1.29, 1.82) is 0 Å². The maximum absolute atomic E-state index is 11.8. The lowest BCUT2D eigenvalue weighted by Gasteiger charge is -2.05. The molecule has 2 aromatic rings. The Morgan fingerprint density at radius 2 is 1.89 bits per heavy atom. The molecule has 19 heavy (non-hydrogen) atoms. The molecule has 7 heteroatoms. The lowest BCUT2D eigenvalue weighted by molar-refractivity contribution is -0.118. The predicted octanol–water partition coefficient (Wildman–Crippen LogP) is 2.56. The van der Waals surface area contributed by atoms with E-state index in [4.69, 9.17) is 0 Å². The fourth-order valence-corrected chi connectivity index (χ4v) is 3.68. The minimum Gasteiger partial charge on any atom is -0.274 e. The van der Waals surface area contributed by atoms with Crippen LogP contribution in [0.2, 0.25) is 0 Å². The fourth-order valence-electron chi connectivity index (χ4n) is 1.44. The third kappa shape index (κ3) is 3.89. The van der Waals surface area contributed by atoms with Crippen molar-refractivity contribution in [2.45, 2.75) is 10.6 Å². The third-order valence-electron chi connectivity index (χ3n) is 2.29. The molecular formula is C12H10BrNO3S2. The number of hydrogen-bond donors (Lipinski definition) is 1. The van der Waals surface area contributed by atoms with Crippen LogP contribution in [-0.4, -0.2) is 14.3 Å². The van der Waals surface area contributed by atoms with Crippen LogP contribution in [0.5, 0.6) is 0 Å². The Morgan fingerprint density at radius 3 is 2.47 bits per heavy atom. The lowest BCUT2D eigenvalue weighted by atomic mass is 10.1. The standard InChI is InChI=1S/C12H10BrNO3S2/c13-10-5-3-9(4-6-10)8-11(15)14-19(16,17)12-2-1-7-18-12/h1-7H,8H2,(H,14,15). The number of sulfonamides is 1. The van der Waals surface area contributed by atoms with Crippen molar-refractivity contribution < 1.29 is 13.2 Å². The van der Waals surface area contributed by atoms with E-state index < -0.39 is 15.9 Å². The quantitative estimate of drug-likeness (QED) is 0.912. The number of nitrogens with one attached hydrogen (secondary N) is 1. The summed E-state index contributed by atoms with van der Waals surface area (Å²) in [5.41, 5.74) is 0.752. The van der Waals surface area contributed by atoms with Crippen molar-refractivity contribution in [3.8, 4) is 0 Å². The van der Waals surface area contributed by atoms with Crippen molar-refractivity contribution >= 4 is 43.2 Å². The van der Waals surface area contributed by atoms with Gasteiger partial charge in [0.15, 0.2) is 0 Å². The molecule has 1 amide bonds. The van der Waals surface area contributed by atoms with Gasteiger partial charge >= 0.3 is 0 Å². The number of hydrogen-bond acceptors (Lipinski definition) is 4. The first-order valence-corrected chi connectivity index (χ1v) is 8.46. The zero-order chi connectivity index (χ0) is 13.9. The van der Waals surface area contributed by atoms with Gasteiger partial charge in [0, 0.05) is 4.47 Å². The molecule has 0 aliphatic carbocycles. The van der Waals surface area contributed by atoms with E-state index in [-0.39, 0.29) is 10.6 Å². The maximum atomic E-state index is 11.8. The molecule has 1 heterocycles. The van der Waals surface area contributed by atoms with Gasteiger partial charge in [0.25, 0.3) is 10.0 Å². The van der Waals surface area contributed by atoms with Gasteiger partial charge in [-0.05, 0) is 29.1 Å². The van der Waals surface area contributed by atoms with Gasteiger partial charge in [-0.25, -0.2) is 13.1 Å². The van der Waals surface area contributed by atoms with E-state index >= 15 is 0 Å². The van der Waals surface area contributed by atoms with Crippen LogP contribution in [0.3, 0.4) is 0 Å². The predicted molar refractivity (Wildman–Crippen MR) is 77.5 cm³/mol. The largest absolute Gasteiger partial charge is 0.274 e. The SMILES string of the molecule is O=C(Cc1ccc(Br)cc1)NS(=O)(=O)c1cccs1. The molecule has 2 rings (SSSR count). The molecule has 0 unspecified atom stereocenters. The topological polar surface area (TPSA) is 63.2 Å². The Kier molecular flexibility index (Phi) is 4.38. The molecule has 4 nitrogen and oxygen atoms in total. The average Bonchev–Trinajstić information content (AvgIpc) is 2.85. The van der Waals surface area contributed by atoms with Crippen molar-refractivity contribution in [2.75, 3.05) is 0 Å². The molecule has 0 radical (unpaired) electrons. The van der Waals surface area contributed by atoms with Gasteiger partial charge in [-0.15, -0.1) is 11.3 Å². The lowest BCUT2D eigenvalue weighted by Crippen LogP contribution is -2.31. The fraction of sp³-hybridized carbons (Fsp3) is 0.0833. The van der Waals surface area contributed by atoms with E-state index in [9.17, 15) is 13.2 Å². The highest BCUT2D eigenvalue weighted by Gasteiger charge is 2.18. The number of halogens is 1. The molecule has 0 bridgehead atoms. The summed E-state index contributed by atoms with van der Waals surface area (Å²) in [6.45, 7) is 0. The first-order valence-electron chi connectivity index (χ1n) is 5.31. The monoisotopic (exact) mass is 359 g/mol. The summed E-state index contributed by atoms with van der Waals surface area (Å²) in [7, 11) is -3.73. The molecule has 1 aromatic heterocycles. The molecule has 0 fully saturated rings. The van der Waals surface area contributed by atoms with Gasteiger partial charge in [0.1, 0.15) is 4.21 Å². The van der Waals surface area contributed by atoms with Crippen molar-refractivity contribution in [2.24, 2.45) is 0 Å². The van der Waals surface area contributed by atoms with Crippen molar-refractivity contribution in [1.82, 2.24) is 4.72 Å². The average molecular weight is 360 g/mol. The van der Waals surface area contributed by atoms with E-state index in [1.807, 2.05) is 0 Å². The summed E-state index contributed by atoms with van der Waals surface area (Å²) in [6.07, 6.45) is 0.0257. The molecule has 100 valence electrons. The van der Waals surface area contributed by atoms with E-state index in [1.165, 1.54) is 6.07 Å². The van der Waals surface area contributed by atoms with Crippen LogP contribution in [0.1, 0.15) is 5.56 Å². The molecule has 0 atom stereocenters. The van der Waals surface area contributed by atoms with E-state index in [1.54, 1.807) is 35.7 Å². The van der Waals surface area contributed by atoms with Crippen LogP contribution in [0.25, 0.3) is 0 Å². The van der Waals surface area contributed by atoms with Gasteiger partial charge in [-0.2, -0.15) is 0 Å². The third-order valence-corrected chi connectivity index (χ3v) is 5.59. The molecule has 0 saturated heterocycles. The van der Waals surface area contributed by atoms with Crippen molar-refractivity contribution in [3.05, 3.63) is 51.8 Å². The molecule has 0 aliphatic rings. The van der Waals surface area contributed by atoms with Crippen LogP contribution >= 0.6 is 27.3 Å². The van der Waals surface area contributed by atoms with Gasteiger partial charge in [-0.1, -0.05) is 34.1 Å². The van der Waals surface area contributed by atoms with Gasteiger partial charge < -0.3 is 0 Å². The number of carbonyl (C=O) groups is 1. The highest BCUT2D eigenvalue weighted by Crippen LogP contribution is 2.16. The van der Waals surface area contributed by atoms with Crippen LogP contribution in [0, 0.1) is 0 Å². The Hall–Kier alpha value is -1.18. The summed E-state index contributed by atoms with van der Waals surface area (Å²) in [5.74, 6) is -0.546. The van der Waals surface area contributed by atoms with E-state index in [2.05, 4.69) is 20.7 Å². The molecule has 1 N–H and O–H groups in total. The zero-order valence-corrected chi connectivity index (χ0v) is 12.9. The second-order valence-electron chi connectivity index (χ2n) is 3.76. The molecule has 0 spiro atoms. The van der Waals surface area contributed by atoms with E-state index in [0.717, 1.165) is 21.4 Å². The number of carbonyl (C=O) groups excluding carboxylic acids is 1. The highest BCUT2D eigenvalue weighted by atomic mass is 79.9.